The number of carboxylic acid groups (broad SMARTS) is 1. The quantitative estimate of drug-likeness (QED) is 0.711. The topological polar surface area (TPSA) is 37.3 Å². The van der Waals surface area contributed by atoms with Crippen LogP contribution in [0.4, 0.5) is 0 Å². The van der Waals surface area contributed by atoms with Crippen LogP contribution >= 0.6 is 0 Å². The third-order valence-corrected chi connectivity index (χ3v) is 4.23. The third kappa shape index (κ3) is 3.77. The average Bonchev–Trinajstić information content (AvgIpc) is 2.35. The minimum absolute atomic E-state index is 0.519. The molecule has 0 bridgehead atoms. The second-order valence-electron chi connectivity index (χ2n) is 5.38. The highest BCUT2D eigenvalue weighted by Gasteiger charge is 2.40. The van der Waals surface area contributed by atoms with Gasteiger partial charge in [-0.25, -0.2) is 0 Å². The van der Waals surface area contributed by atoms with Gasteiger partial charge >= 0.3 is 5.97 Å². The van der Waals surface area contributed by atoms with Crippen LogP contribution in [-0.2, 0) is 4.79 Å². The monoisotopic (exact) mass is 236 g/mol. The molecule has 0 amide bonds. The van der Waals surface area contributed by atoms with E-state index in [4.69, 9.17) is 6.42 Å². The molecule has 1 aliphatic rings. The maximum atomic E-state index is 11.4. The van der Waals surface area contributed by atoms with E-state index in [-0.39, 0.29) is 0 Å². The fourth-order valence-corrected chi connectivity index (χ4v) is 2.89. The Bertz CT molecular complexity index is 280. The van der Waals surface area contributed by atoms with Crippen LogP contribution in [0.3, 0.4) is 0 Å². The highest BCUT2D eigenvalue weighted by molar-refractivity contribution is 5.74. The second kappa shape index (κ2) is 6.69. The van der Waals surface area contributed by atoms with Gasteiger partial charge in [0.1, 0.15) is 0 Å². The molecule has 2 heteroatoms. The molecule has 1 aliphatic carbocycles. The van der Waals surface area contributed by atoms with Gasteiger partial charge in [-0.15, -0.1) is 12.3 Å². The Labute approximate surface area is 105 Å². The maximum Gasteiger partial charge on any atom is 0.309 e. The van der Waals surface area contributed by atoms with Crippen molar-refractivity contribution in [1.29, 1.82) is 0 Å². The van der Waals surface area contributed by atoms with Crippen molar-refractivity contribution < 1.29 is 9.90 Å². The van der Waals surface area contributed by atoms with Crippen LogP contribution in [0.1, 0.15) is 64.7 Å². The van der Waals surface area contributed by atoms with E-state index < -0.39 is 11.4 Å². The summed E-state index contributed by atoms with van der Waals surface area (Å²) < 4.78 is 0. The summed E-state index contributed by atoms with van der Waals surface area (Å²) in [7, 11) is 0. The molecule has 0 heterocycles. The normalized spacial score (nSPS) is 28.6. The van der Waals surface area contributed by atoms with E-state index in [9.17, 15) is 9.90 Å². The van der Waals surface area contributed by atoms with Gasteiger partial charge in [0.25, 0.3) is 0 Å². The molecule has 0 aromatic heterocycles. The molecule has 0 aromatic rings. The standard InChI is InChI=1S/C15H24O2/c1-3-5-7-13-8-11-15(12-9-13,14(16)17)10-6-4-2/h2,13H,3,5-12H2,1H3,(H,16,17). The molecule has 1 rings (SSSR count). The number of hydrogen-bond donors (Lipinski definition) is 1. The minimum atomic E-state index is -0.637. The van der Waals surface area contributed by atoms with Gasteiger partial charge in [0.05, 0.1) is 5.41 Å². The Hall–Kier alpha value is -0.970. The number of hydrogen-bond acceptors (Lipinski definition) is 1. The van der Waals surface area contributed by atoms with E-state index >= 15 is 0 Å². The molecule has 0 unspecified atom stereocenters. The molecule has 0 saturated heterocycles. The lowest BCUT2D eigenvalue weighted by molar-refractivity contribution is -0.152. The summed E-state index contributed by atoms with van der Waals surface area (Å²) >= 11 is 0. The Morgan fingerprint density at radius 1 is 1.47 bits per heavy atom. The van der Waals surface area contributed by atoms with E-state index in [0.717, 1.165) is 31.6 Å². The predicted molar refractivity (Wildman–Crippen MR) is 69.6 cm³/mol. The van der Waals surface area contributed by atoms with Crippen molar-refractivity contribution in [2.45, 2.75) is 64.7 Å². The van der Waals surface area contributed by atoms with E-state index in [2.05, 4.69) is 12.8 Å². The Morgan fingerprint density at radius 2 is 2.12 bits per heavy atom. The van der Waals surface area contributed by atoms with E-state index in [1.54, 1.807) is 0 Å². The first-order valence-electron chi connectivity index (χ1n) is 6.81. The first-order chi connectivity index (χ1) is 8.14. The summed E-state index contributed by atoms with van der Waals surface area (Å²) in [5.74, 6) is 2.68. The lowest BCUT2D eigenvalue weighted by Gasteiger charge is -2.36. The predicted octanol–water partition coefficient (Wildman–Crippen LogP) is 3.85. The van der Waals surface area contributed by atoms with Crippen molar-refractivity contribution >= 4 is 5.97 Å². The van der Waals surface area contributed by atoms with Gasteiger partial charge < -0.3 is 5.11 Å². The van der Waals surface area contributed by atoms with Gasteiger partial charge in [-0.1, -0.05) is 26.2 Å². The Balaban J connectivity index is 2.49. The zero-order valence-corrected chi connectivity index (χ0v) is 10.9. The van der Waals surface area contributed by atoms with Gasteiger partial charge in [-0.2, -0.15) is 0 Å². The molecule has 1 N–H and O–H groups in total. The third-order valence-electron chi connectivity index (χ3n) is 4.23. The van der Waals surface area contributed by atoms with Crippen LogP contribution in [0.15, 0.2) is 0 Å². The molecule has 0 spiro atoms. The number of carboxylic acids is 1. The van der Waals surface area contributed by atoms with Crippen LogP contribution < -0.4 is 0 Å². The molecule has 17 heavy (non-hydrogen) atoms. The van der Waals surface area contributed by atoms with Crippen LogP contribution in [0.5, 0.6) is 0 Å². The van der Waals surface area contributed by atoms with Crippen molar-refractivity contribution in [1.82, 2.24) is 0 Å². The fraction of sp³-hybridized carbons (Fsp3) is 0.800. The molecular formula is C15H24O2. The molecule has 0 atom stereocenters. The summed E-state index contributed by atoms with van der Waals surface area (Å²) in [6.07, 6.45) is 14.0. The van der Waals surface area contributed by atoms with Crippen molar-refractivity contribution in [3.05, 3.63) is 0 Å². The zero-order valence-electron chi connectivity index (χ0n) is 10.9. The van der Waals surface area contributed by atoms with Crippen LogP contribution in [0, 0.1) is 23.7 Å². The van der Waals surface area contributed by atoms with Gasteiger partial charge in [-0.05, 0) is 38.0 Å². The van der Waals surface area contributed by atoms with Crippen molar-refractivity contribution in [3.8, 4) is 12.3 Å². The van der Waals surface area contributed by atoms with Gasteiger partial charge in [-0.3, -0.25) is 4.79 Å². The van der Waals surface area contributed by atoms with Gasteiger partial charge in [0.15, 0.2) is 0 Å². The van der Waals surface area contributed by atoms with Crippen molar-refractivity contribution in [2.24, 2.45) is 11.3 Å². The summed E-state index contributed by atoms with van der Waals surface area (Å²) in [6, 6.07) is 0. The van der Waals surface area contributed by atoms with Gasteiger partial charge in [0, 0.05) is 6.42 Å². The van der Waals surface area contributed by atoms with E-state index in [1.165, 1.54) is 19.3 Å². The van der Waals surface area contributed by atoms with Crippen LogP contribution in [0.2, 0.25) is 0 Å². The highest BCUT2D eigenvalue weighted by atomic mass is 16.4. The number of terminal acetylenes is 1. The number of aliphatic carboxylic acids is 1. The SMILES string of the molecule is C#CCCC1(C(=O)O)CCC(CCCC)CC1. The Morgan fingerprint density at radius 3 is 2.59 bits per heavy atom. The molecule has 0 aromatic carbocycles. The smallest absolute Gasteiger partial charge is 0.309 e. The highest BCUT2D eigenvalue weighted by Crippen LogP contribution is 2.43. The fourth-order valence-electron chi connectivity index (χ4n) is 2.89. The molecule has 1 saturated carbocycles. The minimum Gasteiger partial charge on any atom is -0.481 e. The molecule has 0 radical (unpaired) electrons. The lowest BCUT2D eigenvalue weighted by Crippen LogP contribution is -2.35. The molecule has 96 valence electrons. The summed E-state index contributed by atoms with van der Waals surface area (Å²) in [5, 5.41) is 9.41. The van der Waals surface area contributed by atoms with Crippen molar-refractivity contribution in [3.63, 3.8) is 0 Å². The maximum absolute atomic E-state index is 11.4. The van der Waals surface area contributed by atoms with Crippen LogP contribution in [0.25, 0.3) is 0 Å². The van der Waals surface area contributed by atoms with E-state index in [1.807, 2.05) is 0 Å². The first kappa shape index (κ1) is 14.1. The summed E-state index contributed by atoms with van der Waals surface area (Å²) in [4.78, 5) is 11.4. The van der Waals surface area contributed by atoms with Crippen LogP contribution in [-0.4, -0.2) is 11.1 Å². The second-order valence-corrected chi connectivity index (χ2v) is 5.38. The first-order valence-corrected chi connectivity index (χ1v) is 6.81. The Kier molecular flexibility index (Phi) is 5.55. The summed E-state index contributed by atoms with van der Waals surface area (Å²) in [6.45, 7) is 2.21. The molecular weight excluding hydrogens is 212 g/mol. The average molecular weight is 236 g/mol. The number of rotatable bonds is 6. The van der Waals surface area contributed by atoms with Crippen molar-refractivity contribution in [2.75, 3.05) is 0 Å². The largest absolute Gasteiger partial charge is 0.481 e. The van der Waals surface area contributed by atoms with E-state index in [0.29, 0.717) is 12.8 Å². The summed E-state index contributed by atoms with van der Waals surface area (Å²) in [5.41, 5.74) is -0.519. The molecule has 0 aliphatic heterocycles. The molecule has 1 fully saturated rings. The molecule has 2 nitrogen and oxygen atoms in total. The van der Waals surface area contributed by atoms with Gasteiger partial charge in [0.2, 0.25) is 0 Å². The number of carbonyl (C=O) groups is 1. The number of unbranched alkanes of at least 4 members (excludes halogenated alkanes) is 1. The zero-order chi connectivity index (χ0) is 12.7. The lowest BCUT2D eigenvalue weighted by atomic mass is 9.67.